The average molecular weight is 334 g/mol. The van der Waals surface area contributed by atoms with E-state index in [0.717, 1.165) is 18.4 Å². The van der Waals surface area contributed by atoms with E-state index in [0.29, 0.717) is 18.2 Å². The molecule has 1 aromatic heterocycles. The van der Waals surface area contributed by atoms with Crippen molar-refractivity contribution in [2.75, 3.05) is 6.54 Å². The molecule has 0 aliphatic carbocycles. The fraction of sp³-hybridized carbons (Fsp3) is 0.438. The molecule has 1 heterocycles. The first-order valence-electron chi connectivity index (χ1n) is 7.75. The average Bonchev–Trinajstić information content (AvgIpc) is 2.91. The number of carbonyl (C=O) groups is 1. The largest absolute Gasteiger partial charge is 0.355 e. The predicted molar refractivity (Wildman–Crippen MR) is 91.6 cm³/mol. The van der Waals surface area contributed by atoms with E-state index in [1.54, 1.807) is 4.57 Å². The van der Waals surface area contributed by atoms with Crippen LogP contribution < -0.4 is 11.0 Å². The Bertz CT molecular complexity index is 681. The van der Waals surface area contributed by atoms with Gasteiger partial charge in [-0.1, -0.05) is 49.0 Å². The quantitative estimate of drug-likeness (QED) is 0.722. The maximum atomic E-state index is 11.9. The zero-order chi connectivity index (χ0) is 16.7. The molecule has 1 amide bonds. The van der Waals surface area contributed by atoms with Gasteiger partial charge in [-0.3, -0.25) is 9.36 Å². The molecule has 0 saturated heterocycles. The first kappa shape index (κ1) is 17.3. The summed E-state index contributed by atoms with van der Waals surface area (Å²) in [6.45, 7) is 5.01. The Balaban J connectivity index is 2.00. The highest BCUT2D eigenvalue weighted by molar-refractivity contribution is 8.00. The van der Waals surface area contributed by atoms with Gasteiger partial charge in [0.1, 0.15) is 0 Å². The van der Waals surface area contributed by atoms with Gasteiger partial charge in [0.2, 0.25) is 5.91 Å². The van der Waals surface area contributed by atoms with Crippen molar-refractivity contribution in [1.29, 1.82) is 0 Å². The van der Waals surface area contributed by atoms with E-state index in [9.17, 15) is 9.59 Å². The number of amides is 1. The monoisotopic (exact) mass is 334 g/mol. The molecular weight excluding hydrogens is 312 g/mol. The number of nitrogens with one attached hydrogen (secondary N) is 2. The molecule has 0 fully saturated rings. The maximum Gasteiger partial charge on any atom is 0.343 e. The molecule has 6 nitrogen and oxygen atoms in total. The van der Waals surface area contributed by atoms with Crippen molar-refractivity contribution in [3.8, 4) is 0 Å². The molecule has 0 bridgehead atoms. The molecule has 2 N–H and O–H groups in total. The molecule has 0 aliphatic rings. The minimum Gasteiger partial charge on any atom is -0.355 e. The van der Waals surface area contributed by atoms with Crippen LogP contribution in [0.1, 0.15) is 25.8 Å². The van der Waals surface area contributed by atoms with E-state index in [1.165, 1.54) is 11.8 Å². The van der Waals surface area contributed by atoms with Crippen LogP contribution in [-0.2, 0) is 17.8 Å². The first-order chi connectivity index (χ1) is 11.1. The van der Waals surface area contributed by atoms with Gasteiger partial charge in [-0.2, -0.15) is 0 Å². The van der Waals surface area contributed by atoms with Crippen molar-refractivity contribution in [3.05, 3.63) is 46.4 Å². The lowest BCUT2D eigenvalue weighted by Crippen LogP contribution is -2.31. The highest BCUT2D eigenvalue weighted by Crippen LogP contribution is 2.20. The van der Waals surface area contributed by atoms with Crippen molar-refractivity contribution in [2.24, 2.45) is 0 Å². The second-order valence-electron chi connectivity index (χ2n) is 5.25. The van der Waals surface area contributed by atoms with Crippen LogP contribution in [-0.4, -0.2) is 32.5 Å². The topological polar surface area (TPSA) is 79.8 Å². The van der Waals surface area contributed by atoms with Gasteiger partial charge in [-0.15, -0.1) is 5.10 Å². The number of aromatic amines is 1. The van der Waals surface area contributed by atoms with Gasteiger partial charge in [0.05, 0.1) is 5.25 Å². The lowest BCUT2D eigenvalue weighted by molar-refractivity contribution is -0.120. The standard InChI is InChI=1S/C16H22N4O2S/c1-3-10-17-14(21)12(2)23-16-19-18-15(22)20(16)11-9-13-7-5-4-6-8-13/h4-8,12H,3,9-11H2,1-2H3,(H,17,21)(H,18,22). The van der Waals surface area contributed by atoms with Gasteiger partial charge in [-0.25, -0.2) is 9.89 Å². The van der Waals surface area contributed by atoms with E-state index in [-0.39, 0.29) is 16.8 Å². The Kier molecular flexibility index (Phi) is 6.46. The molecule has 1 aromatic carbocycles. The molecule has 0 radical (unpaired) electrons. The molecule has 2 rings (SSSR count). The predicted octanol–water partition coefficient (Wildman–Crippen LogP) is 1.82. The number of carbonyl (C=O) groups excluding carboxylic acids is 1. The Morgan fingerprint density at radius 3 is 2.83 bits per heavy atom. The summed E-state index contributed by atoms with van der Waals surface area (Å²) in [4.78, 5) is 23.9. The van der Waals surface area contributed by atoms with E-state index in [1.807, 2.05) is 44.2 Å². The Labute approximate surface area is 139 Å². The number of benzene rings is 1. The van der Waals surface area contributed by atoms with Crippen LogP contribution in [0.3, 0.4) is 0 Å². The third-order valence-electron chi connectivity index (χ3n) is 3.39. The second-order valence-corrected chi connectivity index (χ2v) is 6.56. The lowest BCUT2D eigenvalue weighted by Gasteiger charge is -2.11. The molecule has 23 heavy (non-hydrogen) atoms. The van der Waals surface area contributed by atoms with Gasteiger partial charge in [0.15, 0.2) is 5.16 Å². The van der Waals surface area contributed by atoms with Crippen LogP contribution in [0.2, 0.25) is 0 Å². The fourth-order valence-electron chi connectivity index (χ4n) is 2.08. The molecule has 7 heteroatoms. The van der Waals surface area contributed by atoms with Gasteiger partial charge in [0, 0.05) is 13.1 Å². The number of aryl methyl sites for hydroxylation is 1. The molecule has 0 spiro atoms. The minimum absolute atomic E-state index is 0.0399. The smallest absolute Gasteiger partial charge is 0.343 e. The van der Waals surface area contributed by atoms with Gasteiger partial charge in [-0.05, 0) is 25.3 Å². The van der Waals surface area contributed by atoms with E-state index < -0.39 is 0 Å². The minimum atomic E-state index is -0.299. The highest BCUT2D eigenvalue weighted by atomic mass is 32.2. The summed E-state index contributed by atoms with van der Waals surface area (Å²) >= 11 is 1.29. The summed E-state index contributed by atoms with van der Waals surface area (Å²) in [5, 5.41) is 9.60. The van der Waals surface area contributed by atoms with Crippen molar-refractivity contribution in [2.45, 2.75) is 43.6 Å². The number of aromatic nitrogens is 3. The van der Waals surface area contributed by atoms with Crippen LogP contribution in [0.4, 0.5) is 0 Å². The number of hydrogen-bond acceptors (Lipinski definition) is 4. The van der Waals surface area contributed by atoms with E-state index >= 15 is 0 Å². The highest BCUT2D eigenvalue weighted by Gasteiger charge is 2.18. The summed E-state index contributed by atoms with van der Waals surface area (Å²) in [6, 6.07) is 9.97. The Morgan fingerprint density at radius 1 is 1.39 bits per heavy atom. The summed E-state index contributed by atoms with van der Waals surface area (Å²) in [5.74, 6) is -0.0399. The molecule has 1 unspecified atom stereocenters. The van der Waals surface area contributed by atoms with Crippen molar-refractivity contribution < 1.29 is 4.79 Å². The van der Waals surface area contributed by atoms with Crippen LogP contribution in [0, 0.1) is 0 Å². The Morgan fingerprint density at radius 2 is 2.13 bits per heavy atom. The summed E-state index contributed by atoms with van der Waals surface area (Å²) in [7, 11) is 0. The van der Waals surface area contributed by atoms with Crippen LogP contribution >= 0.6 is 11.8 Å². The third-order valence-corrected chi connectivity index (χ3v) is 4.48. The van der Waals surface area contributed by atoms with Crippen LogP contribution in [0.5, 0.6) is 0 Å². The number of rotatable bonds is 8. The number of H-pyrrole nitrogens is 1. The maximum absolute atomic E-state index is 11.9. The van der Waals surface area contributed by atoms with Crippen LogP contribution in [0.15, 0.2) is 40.3 Å². The van der Waals surface area contributed by atoms with Crippen molar-refractivity contribution >= 4 is 17.7 Å². The van der Waals surface area contributed by atoms with Gasteiger partial charge in [0.25, 0.3) is 0 Å². The summed E-state index contributed by atoms with van der Waals surface area (Å²) < 4.78 is 1.58. The fourth-order valence-corrected chi connectivity index (χ4v) is 2.99. The van der Waals surface area contributed by atoms with E-state index in [2.05, 4.69) is 15.5 Å². The molecule has 2 aromatic rings. The SMILES string of the molecule is CCCNC(=O)C(C)Sc1n[nH]c(=O)n1CCc1ccccc1. The number of hydrogen-bond donors (Lipinski definition) is 2. The number of thioether (sulfide) groups is 1. The lowest BCUT2D eigenvalue weighted by atomic mass is 10.1. The summed E-state index contributed by atoms with van der Waals surface area (Å²) in [5.41, 5.74) is 0.912. The third kappa shape index (κ3) is 4.99. The number of nitrogens with zero attached hydrogens (tertiary/aromatic N) is 2. The molecule has 124 valence electrons. The van der Waals surface area contributed by atoms with Gasteiger partial charge >= 0.3 is 5.69 Å². The van der Waals surface area contributed by atoms with Crippen molar-refractivity contribution in [1.82, 2.24) is 20.1 Å². The normalized spacial score (nSPS) is 12.1. The zero-order valence-electron chi connectivity index (χ0n) is 13.4. The first-order valence-corrected chi connectivity index (χ1v) is 8.63. The molecular formula is C16H22N4O2S. The van der Waals surface area contributed by atoms with E-state index in [4.69, 9.17) is 0 Å². The second kappa shape index (κ2) is 8.57. The zero-order valence-corrected chi connectivity index (χ0v) is 14.2. The molecule has 0 aliphatic heterocycles. The summed E-state index contributed by atoms with van der Waals surface area (Å²) in [6.07, 6.45) is 1.64. The molecule has 0 saturated carbocycles. The van der Waals surface area contributed by atoms with Gasteiger partial charge < -0.3 is 5.32 Å². The Hall–Kier alpha value is -2.02. The molecule has 1 atom stereocenters. The van der Waals surface area contributed by atoms with Crippen molar-refractivity contribution in [3.63, 3.8) is 0 Å². The van der Waals surface area contributed by atoms with Crippen LogP contribution in [0.25, 0.3) is 0 Å².